The third-order valence-electron chi connectivity index (χ3n) is 1.13. The van der Waals surface area contributed by atoms with Gasteiger partial charge in [-0.1, -0.05) is 6.08 Å². The second kappa shape index (κ2) is 2.15. The molecule has 0 aliphatic carbocycles. The molecular formula is C6H7NO3. The van der Waals surface area contributed by atoms with Crippen molar-refractivity contribution in [2.75, 3.05) is 0 Å². The van der Waals surface area contributed by atoms with Crippen LogP contribution in [-0.2, 0) is 9.53 Å². The van der Waals surface area contributed by atoms with Crippen LogP contribution < -0.4 is 5.73 Å². The molecule has 1 aliphatic heterocycles. The predicted molar refractivity (Wildman–Crippen MR) is 33.9 cm³/mol. The minimum atomic E-state index is -1.67. The standard InChI is InChI=1S/C6H7NO3/c7-6(5(8)9)3-1-2-4-10-6/h1-4H,7H2,(H,8,9)/t6-/m0/s1. The monoisotopic (exact) mass is 141 g/mol. The van der Waals surface area contributed by atoms with Gasteiger partial charge in [0.1, 0.15) is 0 Å². The maximum atomic E-state index is 10.3. The van der Waals surface area contributed by atoms with E-state index in [1.807, 2.05) is 0 Å². The molecule has 0 amide bonds. The highest BCUT2D eigenvalue weighted by Gasteiger charge is 2.32. The fourth-order valence-electron chi connectivity index (χ4n) is 0.557. The Bertz CT molecular complexity index is 209. The van der Waals surface area contributed by atoms with Crippen LogP contribution in [0.25, 0.3) is 0 Å². The lowest BCUT2D eigenvalue weighted by molar-refractivity contribution is -0.153. The summed E-state index contributed by atoms with van der Waals surface area (Å²) in [7, 11) is 0. The first-order valence-electron chi connectivity index (χ1n) is 2.69. The van der Waals surface area contributed by atoms with E-state index in [1.165, 1.54) is 18.4 Å². The second-order valence-electron chi connectivity index (χ2n) is 1.90. The number of hydrogen-bond donors (Lipinski definition) is 2. The zero-order valence-corrected chi connectivity index (χ0v) is 5.15. The van der Waals surface area contributed by atoms with E-state index in [0.717, 1.165) is 0 Å². The van der Waals surface area contributed by atoms with E-state index in [2.05, 4.69) is 4.74 Å². The molecule has 0 bridgehead atoms. The van der Waals surface area contributed by atoms with Crippen molar-refractivity contribution < 1.29 is 14.6 Å². The largest absolute Gasteiger partial charge is 0.477 e. The Morgan fingerprint density at radius 1 is 1.60 bits per heavy atom. The predicted octanol–water partition coefficient (Wildman–Crippen LogP) is -0.174. The van der Waals surface area contributed by atoms with Gasteiger partial charge >= 0.3 is 5.97 Å². The molecule has 1 aliphatic rings. The topological polar surface area (TPSA) is 72.6 Å². The normalized spacial score (nSPS) is 29.7. The van der Waals surface area contributed by atoms with Crippen LogP contribution in [0.2, 0.25) is 0 Å². The molecule has 54 valence electrons. The third kappa shape index (κ3) is 1.01. The minimum absolute atomic E-state index is 1.20. The first-order chi connectivity index (χ1) is 4.65. The van der Waals surface area contributed by atoms with Gasteiger partial charge in [-0.15, -0.1) is 0 Å². The second-order valence-corrected chi connectivity index (χ2v) is 1.90. The molecule has 1 heterocycles. The van der Waals surface area contributed by atoms with Gasteiger partial charge in [0.05, 0.1) is 6.26 Å². The summed E-state index contributed by atoms with van der Waals surface area (Å²) in [5, 5.41) is 8.46. The molecule has 10 heavy (non-hydrogen) atoms. The molecule has 3 N–H and O–H groups in total. The summed E-state index contributed by atoms with van der Waals surface area (Å²) in [6, 6.07) is 0. The fraction of sp³-hybridized carbons (Fsp3) is 0.167. The quantitative estimate of drug-likeness (QED) is 0.531. The highest BCUT2D eigenvalue weighted by molar-refractivity contribution is 5.79. The lowest BCUT2D eigenvalue weighted by Gasteiger charge is -2.21. The van der Waals surface area contributed by atoms with Gasteiger partial charge < -0.3 is 9.84 Å². The van der Waals surface area contributed by atoms with Crippen molar-refractivity contribution in [3.8, 4) is 0 Å². The Labute approximate surface area is 57.6 Å². The average Bonchev–Trinajstić information content (AvgIpc) is 1.89. The van der Waals surface area contributed by atoms with Gasteiger partial charge in [-0.3, -0.25) is 5.73 Å². The Balaban J connectivity index is 2.80. The maximum absolute atomic E-state index is 10.3. The maximum Gasteiger partial charge on any atom is 0.368 e. The van der Waals surface area contributed by atoms with Crippen molar-refractivity contribution in [2.45, 2.75) is 5.72 Å². The summed E-state index contributed by atoms with van der Waals surface area (Å²) in [5.74, 6) is -1.20. The number of aliphatic carboxylic acids is 1. The summed E-state index contributed by atoms with van der Waals surface area (Å²) in [5.41, 5.74) is 3.57. The molecule has 0 aromatic rings. The first-order valence-corrected chi connectivity index (χ1v) is 2.69. The first kappa shape index (κ1) is 6.82. The Kier molecular flexibility index (Phi) is 1.47. The molecule has 1 rings (SSSR count). The number of carboxylic acid groups (broad SMARTS) is 1. The zero-order chi connectivity index (χ0) is 7.61. The van der Waals surface area contributed by atoms with Crippen LogP contribution in [0.4, 0.5) is 0 Å². The van der Waals surface area contributed by atoms with Crippen molar-refractivity contribution >= 4 is 5.97 Å². The molecule has 0 saturated heterocycles. The lowest BCUT2D eigenvalue weighted by atomic mass is 10.2. The molecule has 1 atom stereocenters. The number of carbonyl (C=O) groups is 1. The Morgan fingerprint density at radius 2 is 2.30 bits per heavy atom. The molecule has 4 heteroatoms. The van der Waals surface area contributed by atoms with E-state index in [4.69, 9.17) is 10.8 Å². The number of hydrogen-bond acceptors (Lipinski definition) is 3. The van der Waals surface area contributed by atoms with Gasteiger partial charge in [-0.25, -0.2) is 4.79 Å². The van der Waals surface area contributed by atoms with Crippen LogP contribution in [-0.4, -0.2) is 16.8 Å². The van der Waals surface area contributed by atoms with Crippen LogP contribution >= 0.6 is 0 Å². The Hall–Kier alpha value is -1.29. The molecule has 0 saturated carbocycles. The van der Waals surface area contributed by atoms with Crippen LogP contribution in [0, 0.1) is 0 Å². The van der Waals surface area contributed by atoms with E-state index in [0.29, 0.717) is 0 Å². The van der Waals surface area contributed by atoms with Gasteiger partial charge in [-0.05, 0) is 12.2 Å². The third-order valence-corrected chi connectivity index (χ3v) is 1.13. The SMILES string of the molecule is N[C@@]1(C(=O)O)C=CC=CO1. The lowest BCUT2D eigenvalue weighted by Crippen LogP contribution is -2.48. The van der Waals surface area contributed by atoms with Crippen molar-refractivity contribution in [3.63, 3.8) is 0 Å². The van der Waals surface area contributed by atoms with E-state index in [9.17, 15) is 4.79 Å². The molecule has 0 aromatic carbocycles. The number of ether oxygens (including phenoxy) is 1. The summed E-state index contributed by atoms with van der Waals surface area (Å²) in [6.45, 7) is 0. The van der Waals surface area contributed by atoms with Gasteiger partial charge in [0.15, 0.2) is 0 Å². The van der Waals surface area contributed by atoms with Gasteiger partial charge in [-0.2, -0.15) is 0 Å². The van der Waals surface area contributed by atoms with Crippen molar-refractivity contribution in [1.82, 2.24) is 0 Å². The summed E-state index contributed by atoms with van der Waals surface area (Å²) >= 11 is 0. The molecule has 0 spiro atoms. The van der Waals surface area contributed by atoms with E-state index in [1.54, 1.807) is 6.08 Å². The van der Waals surface area contributed by atoms with Gasteiger partial charge in [0.2, 0.25) is 0 Å². The van der Waals surface area contributed by atoms with Crippen molar-refractivity contribution in [2.24, 2.45) is 5.73 Å². The van der Waals surface area contributed by atoms with Crippen LogP contribution in [0.5, 0.6) is 0 Å². The smallest absolute Gasteiger partial charge is 0.368 e. The number of rotatable bonds is 1. The van der Waals surface area contributed by atoms with Crippen LogP contribution in [0.15, 0.2) is 24.5 Å². The number of carboxylic acids is 1. The van der Waals surface area contributed by atoms with Crippen molar-refractivity contribution in [3.05, 3.63) is 24.5 Å². The molecule has 0 fully saturated rings. The summed E-state index contributed by atoms with van der Waals surface area (Å²) in [6.07, 6.45) is 5.61. The van der Waals surface area contributed by atoms with Gasteiger partial charge in [0.25, 0.3) is 5.72 Å². The zero-order valence-electron chi connectivity index (χ0n) is 5.15. The average molecular weight is 141 g/mol. The van der Waals surface area contributed by atoms with Crippen LogP contribution in [0.1, 0.15) is 0 Å². The number of nitrogens with two attached hydrogens (primary N) is 1. The molecule has 0 unspecified atom stereocenters. The van der Waals surface area contributed by atoms with E-state index >= 15 is 0 Å². The van der Waals surface area contributed by atoms with E-state index < -0.39 is 11.7 Å². The fourth-order valence-corrected chi connectivity index (χ4v) is 0.557. The highest BCUT2D eigenvalue weighted by Crippen LogP contribution is 2.10. The van der Waals surface area contributed by atoms with Crippen molar-refractivity contribution in [1.29, 1.82) is 0 Å². The molecule has 0 radical (unpaired) electrons. The highest BCUT2D eigenvalue weighted by atomic mass is 16.5. The van der Waals surface area contributed by atoms with E-state index in [-0.39, 0.29) is 0 Å². The molecular weight excluding hydrogens is 134 g/mol. The molecule has 0 aromatic heterocycles. The minimum Gasteiger partial charge on any atom is -0.477 e. The summed E-state index contributed by atoms with van der Waals surface area (Å²) in [4.78, 5) is 10.3. The Morgan fingerprint density at radius 3 is 2.60 bits per heavy atom. The summed E-state index contributed by atoms with van der Waals surface area (Å²) < 4.78 is 4.64. The molecule has 4 nitrogen and oxygen atoms in total. The number of allylic oxidation sites excluding steroid dienone is 2. The van der Waals surface area contributed by atoms with Gasteiger partial charge in [0, 0.05) is 0 Å². The van der Waals surface area contributed by atoms with Crippen LogP contribution in [0.3, 0.4) is 0 Å².